The molecule has 0 fully saturated rings. The van der Waals surface area contributed by atoms with Crippen molar-refractivity contribution in [1.82, 2.24) is 14.6 Å². The lowest BCUT2D eigenvalue weighted by Gasteiger charge is -2.10. The van der Waals surface area contributed by atoms with Gasteiger partial charge in [-0.05, 0) is 18.2 Å². The van der Waals surface area contributed by atoms with E-state index in [1.807, 2.05) is 23.5 Å². The molecule has 0 spiro atoms. The number of aryl methyl sites for hydroxylation is 1. The molecule has 4 aromatic rings. The highest BCUT2D eigenvalue weighted by Gasteiger charge is 2.30. The third kappa shape index (κ3) is 3.80. The van der Waals surface area contributed by atoms with Crippen LogP contribution >= 0.6 is 11.8 Å². The zero-order chi connectivity index (χ0) is 20.6. The first-order valence-electron chi connectivity index (χ1n) is 8.71. The van der Waals surface area contributed by atoms with Gasteiger partial charge in [-0.2, -0.15) is 13.2 Å². The number of aromatic nitrogens is 3. The van der Waals surface area contributed by atoms with E-state index in [1.165, 1.54) is 12.1 Å². The number of carbonyl (C=O) groups is 1. The van der Waals surface area contributed by atoms with Crippen molar-refractivity contribution in [3.63, 3.8) is 0 Å². The quantitative estimate of drug-likeness (QED) is 0.470. The maximum absolute atomic E-state index is 12.8. The van der Waals surface area contributed by atoms with Gasteiger partial charge in [0.05, 0.1) is 28.6 Å². The third-order valence-corrected chi connectivity index (χ3v) is 5.26. The van der Waals surface area contributed by atoms with Gasteiger partial charge in [-0.15, -0.1) is 10.2 Å². The molecule has 4 rings (SSSR count). The van der Waals surface area contributed by atoms with Gasteiger partial charge in [0.25, 0.3) is 0 Å². The minimum Gasteiger partial charge on any atom is -0.463 e. The number of thioether (sulfide) groups is 1. The van der Waals surface area contributed by atoms with Gasteiger partial charge in [0.1, 0.15) is 10.9 Å². The number of rotatable bonds is 5. The van der Waals surface area contributed by atoms with Crippen molar-refractivity contribution in [2.45, 2.75) is 24.5 Å². The summed E-state index contributed by atoms with van der Waals surface area (Å²) in [7, 11) is 0. The molecular formula is C19H15F3N4O2S. The predicted molar refractivity (Wildman–Crippen MR) is 103 cm³/mol. The predicted octanol–water partition coefficient (Wildman–Crippen LogP) is 4.79. The zero-order valence-electron chi connectivity index (χ0n) is 15.2. The maximum Gasteiger partial charge on any atom is 0.416 e. The van der Waals surface area contributed by atoms with Crippen LogP contribution in [-0.4, -0.2) is 26.3 Å². The summed E-state index contributed by atoms with van der Waals surface area (Å²) in [5, 5.41) is 11.4. The summed E-state index contributed by atoms with van der Waals surface area (Å²) in [5.74, 6) is 0.289. The van der Waals surface area contributed by atoms with E-state index in [9.17, 15) is 18.0 Å². The van der Waals surface area contributed by atoms with Crippen molar-refractivity contribution in [2.75, 3.05) is 11.1 Å². The van der Waals surface area contributed by atoms with Crippen LogP contribution in [0, 0.1) is 0 Å². The number of hydrogen-bond donors (Lipinski definition) is 1. The van der Waals surface area contributed by atoms with Crippen LogP contribution in [0.25, 0.3) is 16.6 Å². The molecule has 10 heteroatoms. The molecule has 0 aliphatic heterocycles. The molecule has 0 aliphatic rings. The molecule has 3 aromatic heterocycles. The van der Waals surface area contributed by atoms with E-state index in [0.717, 1.165) is 40.8 Å². The molecule has 0 aliphatic carbocycles. The number of amides is 1. The van der Waals surface area contributed by atoms with Gasteiger partial charge in [0, 0.05) is 24.2 Å². The SMILES string of the molecule is CCc1nnc(SCC(=O)Nc2cccc(C(F)(F)F)c2)c2cc3occc3n12. The van der Waals surface area contributed by atoms with E-state index in [2.05, 4.69) is 15.5 Å². The van der Waals surface area contributed by atoms with Crippen LogP contribution < -0.4 is 5.32 Å². The molecular weight excluding hydrogens is 405 g/mol. The van der Waals surface area contributed by atoms with Crippen molar-refractivity contribution in [3.05, 3.63) is 54.0 Å². The molecule has 29 heavy (non-hydrogen) atoms. The van der Waals surface area contributed by atoms with Gasteiger partial charge < -0.3 is 9.73 Å². The second-order valence-corrected chi connectivity index (χ2v) is 7.19. The van der Waals surface area contributed by atoms with Crippen molar-refractivity contribution < 1.29 is 22.4 Å². The fourth-order valence-corrected chi connectivity index (χ4v) is 3.73. The van der Waals surface area contributed by atoms with Crippen LogP contribution in [0.3, 0.4) is 0 Å². The lowest BCUT2D eigenvalue weighted by atomic mass is 10.2. The molecule has 1 N–H and O–H groups in total. The van der Waals surface area contributed by atoms with E-state index in [1.54, 1.807) is 6.26 Å². The Morgan fingerprint density at radius 2 is 2.03 bits per heavy atom. The van der Waals surface area contributed by atoms with Gasteiger partial charge in [-0.3, -0.25) is 9.20 Å². The molecule has 0 unspecified atom stereocenters. The zero-order valence-corrected chi connectivity index (χ0v) is 16.0. The Morgan fingerprint density at radius 3 is 2.79 bits per heavy atom. The molecule has 3 heterocycles. The summed E-state index contributed by atoms with van der Waals surface area (Å²) in [6.45, 7) is 1.96. The Kier molecular flexibility index (Phi) is 4.95. The number of carbonyl (C=O) groups excluding carboxylic acids is 1. The first kappa shape index (κ1) is 19.3. The van der Waals surface area contributed by atoms with E-state index >= 15 is 0 Å². The number of fused-ring (bicyclic) bond motifs is 3. The van der Waals surface area contributed by atoms with Crippen LogP contribution in [0.5, 0.6) is 0 Å². The Bertz CT molecular complexity index is 1200. The number of hydrogen-bond acceptors (Lipinski definition) is 5. The highest BCUT2D eigenvalue weighted by molar-refractivity contribution is 8.00. The molecule has 1 aromatic carbocycles. The number of benzene rings is 1. The smallest absolute Gasteiger partial charge is 0.416 e. The van der Waals surface area contributed by atoms with Gasteiger partial charge in [0.2, 0.25) is 5.91 Å². The van der Waals surface area contributed by atoms with Crippen LogP contribution in [0.2, 0.25) is 0 Å². The number of nitrogens with zero attached hydrogens (tertiary/aromatic N) is 3. The summed E-state index contributed by atoms with van der Waals surface area (Å²) < 4.78 is 45.8. The Hall–Kier alpha value is -3.01. The number of alkyl halides is 3. The van der Waals surface area contributed by atoms with Crippen molar-refractivity contribution >= 4 is 40.0 Å². The van der Waals surface area contributed by atoms with Crippen molar-refractivity contribution in [1.29, 1.82) is 0 Å². The van der Waals surface area contributed by atoms with Gasteiger partial charge >= 0.3 is 6.18 Å². The lowest BCUT2D eigenvalue weighted by Crippen LogP contribution is -2.15. The second kappa shape index (κ2) is 7.43. The topological polar surface area (TPSA) is 72.4 Å². The molecule has 1 amide bonds. The lowest BCUT2D eigenvalue weighted by molar-refractivity contribution is -0.137. The van der Waals surface area contributed by atoms with Crippen molar-refractivity contribution in [3.8, 4) is 0 Å². The average Bonchev–Trinajstić information content (AvgIpc) is 3.27. The standard InChI is InChI=1S/C19H15F3N4O2S/c1-2-16-24-25-18(14-9-15-13(26(14)16)6-7-28-15)29-10-17(27)23-12-5-3-4-11(8-12)19(20,21)22/h3-9H,2,10H2,1H3,(H,23,27). The largest absolute Gasteiger partial charge is 0.463 e. The van der Waals surface area contributed by atoms with Gasteiger partial charge in [-0.1, -0.05) is 24.8 Å². The molecule has 0 atom stereocenters. The summed E-state index contributed by atoms with van der Waals surface area (Å²) in [6, 6.07) is 8.17. The summed E-state index contributed by atoms with van der Waals surface area (Å²) in [4.78, 5) is 12.2. The fourth-order valence-electron chi connectivity index (χ4n) is 3.00. The normalized spacial score (nSPS) is 12.0. The minimum absolute atomic E-state index is 0.0292. The summed E-state index contributed by atoms with van der Waals surface area (Å²) >= 11 is 1.15. The molecule has 0 bridgehead atoms. The molecule has 150 valence electrons. The van der Waals surface area contributed by atoms with Crippen molar-refractivity contribution in [2.24, 2.45) is 0 Å². The van der Waals surface area contributed by atoms with Crippen LogP contribution in [0.1, 0.15) is 18.3 Å². The minimum atomic E-state index is -4.47. The Labute approximate surface area is 167 Å². The third-order valence-electron chi connectivity index (χ3n) is 4.29. The van der Waals surface area contributed by atoms with Gasteiger partial charge in [0.15, 0.2) is 5.58 Å². The highest BCUT2D eigenvalue weighted by Crippen LogP contribution is 2.31. The molecule has 0 saturated heterocycles. The fraction of sp³-hybridized carbons (Fsp3) is 0.211. The van der Waals surface area contributed by atoms with E-state index < -0.39 is 17.6 Å². The monoisotopic (exact) mass is 420 g/mol. The Morgan fingerprint density at radius 1 is 1.21 bits per heavy atom. The summed E-state index contributed by atoms with van der Waals surface area (Å²) in [5.41, 5.74) is 1.58. The number of anilines is 1. The van der Waals surface area contributed by atoms with E-state index in [4.69, 9.17) is 4.42 Å². The number of nitrogens with one attached hydrogen (secondary N) is 1. The van der Waals surface area contributed by atoms with Crippen LogP contribution in [-0.2, 0) is 17.4 Å². The van der Waals surface area contributed by atoms with Crippen LogP contribution in [0.15, 0.2) is 52.1 Å². The van der Waals surface area contributed by atoms with Crippen LogP contribution in [0.4, 0.5) is 18.9 Å². The first-order valence-corrected chi connectivity index (χ1v) is 9.69. The number of furan rings is 1. The second-order valence-electron chi connectivity index (χ2n) is 6.23. The number of halogens is 3. The molecule has 6 nitrogen and oxygen atoms in total. The maximum atomic E-state index is 12.8. The molecule has 0 radical (unpaired) electrons. The van der Waals surface area contributed by atoms with E-state index in [-0.39, 0.29) is 11.4 Å². The molecule has 0 saturated carbocycles. The van der Waals surface area contributed by atoms with E-state index in [0.29, 0.717) is 17.0 Å². The average molecular weight is 420 g/mol. The summed E-state index contributed by atoms with van der Waals surface area (Å²) in [6.07, 6.45) is -2.21. The Balaban J connectivity index is 1.52. The first-order chi connectivity index (χ1) is 13.9. The highest BCUT2D eigenvalue weighted by atomic mass is 32.2. The van der Waals surface area contributed by atoms with Gasteiger partial charge in [-0.25, -0.2) is 0 Å².